The summed E-state index contributed by atoms with van der Waals surface area (Å²) in [5, 5.41) is 0. The smallest absolute Gasteiger partial charge is 0.0239 e. The summed E-state index contributed by atoms with van der Waals surface area (Å²) in [6.07, 6.45) is 3.37. The van der Waals surface area contributed by atoms with Crippen molar-refractivity contribution in [2.45, 2.75) is 39.2 Å². The molecule has 0 aliphatic carbocycles. The zero-order valence-corrected chi connectivity index (χ0v) is 9.74. The number of hydrazine groups is 1. The Hall–Kier alpha value is -0.860. The number of aryl methyl sites for hydroxylation is 1. The molecule has 84 valence electrons. The van der Waals surface area contributed by atoms with E-state index in [1.807, 2.05) is 0 Å². The molecule has 0 radical (unpaired) electrons. The Labute approximate surface area is 92.8 Å². The summed E-state index contributed by atoms with van der Waals surface area (Å²) >= 11 is 0. The maximum absolute atomic E-state index is 5.56. The topological polar surface area (TPSA) is 38.0 Å². The van der Waals surface area contributed by atoms with E-state index in [-0.39, 0.29) is 0 Å². The number of rotatable bonds is 6. The maximum atomic E-state index is 5.56. The van der Waals surface area contributed by atoms with Gasteiger partial charge < -0.3 is 0 Å². The van der Waals surface area contributed by atoms with Gasteiger partial charge >= 0.3 is 0 Å². The number of hydrogen-bond donors (Lipinski definition) is 2. The lowest BCUT2D eigenvalue weighted by atomic mass is 9.94. The quantitative estimate of drug-likeness (QED) is 0.554. The van der Waals surface area contributed by atoms with Crippen molar-refractivity contribution in [3.8, 4) is 0 Å². The summed E-state index contributed by atoms with van der Waals surface area (Å²) < 4.78 is 0. The van der Waals surface area contributed by atoms with E-state index in [2.05, 4.69) is 49.6 Å². The highest BCUT2D eigenvalue weighted by Crippen LogP contribution is 2.13. The monoisotopic (exact) mass is 206 g/mol. The molecule has 2 nitrogen and oxygen atoms in total. The molecule has 0 amide bonds. The van der Waals surface area contributed by atoms with Crippen molar-refractivity contribution in [3.05, 3.63) is 35.9 Å². The van der Waals surface area contributed by atoms with E-state index in [9.17, 15) is 0 Å². The van der Waals surface area contributed by atoms with Crippen molar-refractivity contribution in [2.75, 3.05) is 0 Å². The van der Waals surface area contributed by atoms with E-state index >= 15 is 0 Å². The third-order valence-corrected chi connectivity index (χ3v) is 3.13. The molecule has 0 saturated heterocycles. The zero-order chi connectivity index (χ0) is 11.1. The second kappa shape index (κ2) is 6.59. The first-order valence-corrected chi connectivity index (χ1v) is 5.78. The fourth-order valence-corrected chi connectivity index (χ4v) is 1.78. The number of nitrogens with one attached hydrogen (secondary N) is 1. The number of nitrogens with two attached hydrogens (primary N) is 1. The number of hydrogen-bond acceptors (Lipinski definition) is 2. The van der Waals surface area contributed by atoms with Gasteiger partial charge in [-0.1, -0.05) is 50.6 Å². The van der Waals surface area contributed by atoms with Gasteiger partial charge in [-0.3, -0.25) is 11.3 Å². The molecule has 1 aromatic rings. The fraction of sp³-hybridized carbons (Fsp3) is 0.538. The summed E-state index contributed by atoms with van der Waals surface area (Å²) in [6.45, 7) is 4.45. The summed E-state index contributed by atoms with van der Waals surface area (Å²) in [7, 11) is 0. The molecule has 0 spiro atoms. The van der Waals surface area contributed by atoms with Crippen LogP contribution in [0.15, 0.2) is 30.3 Å². The van der Waals surface area contributed by atoms with Crippen LogP contribution in [-0.4, -0.2) is 6.04 Å². The highest BCUT2D eigenvalue weighted by atomic mass is 15.2. The Balaban J connectivity index is 2.41. The first-order chi connectivity index (χ1) is 7.27. The Bertz CT molecular complexity index is 258. The molecule has 1 aromatic carbocycles. The van der Waals surface area contributed by atoms with Crippen LogP contribution >= 0.6 is 0 Å². The molecule has 0 saturated carbocycles. The lowest BCUT2D eigenvalue weighted by Crippen LogP contribution is -2.40. The van der Waals surface area contributed by atoms with Crippen molar-refractivity contribution in [1.82, 2.24) is 5.43 Å². The van der Waals surface area contributed by atoms with Crippen molar-refractivity contribution in [2.24, 2.45) is 11.8 Å². The first-order valence-electron chi connectivity index (χ1n) is 5.78. The molecule has 3 N–H and O–H groups in total. The molecular formula is C13H22N2. The van der Waals surface area contributed by atoms with Gasteiger partial charge in [0, 0.05) is 6.04 Å². The lowest BCUT2D eigenvalue weighted by molar-refractivity contribution is 0.353. The summed E-state index contributed by atoms with van der Waals surface area (Å²) in [4.78, 5) is 0. The second-order valence-corrected chi connectivity index (χ2v) is 4.18. The molecule has 0 aromatic heterocycles. The van der Waals surface area contributed by atoms with E-state index < -0.39 is 0 Å². The van der Waals surface area contributed by atoms with Gasteiger partial charge in [-0.15, -0.1) is 0 Å². The predicted octanol–water partition coefficient (Wildman–Crippen LogP) is 2.50. The van der Waals surface area contributed by atoms with Crippen molar-refractivity contribution in [1.29, 1.82) is 0 Å². The zero-order valence-electron chi connectivity index (χ0n) is 9.74. The third-order valence-electron chi connectivity index (χ3n) is 3.13. The minimum absolute atomic E-state index is 0.426. The van der Waals surface area contributed by atoms with Gasteiger partial charge in [0.15, 0.2) is 0 Å². The molecule has 0 fully saturated rings. The second-order valence-electron chi connectivity index (χ2n) is 4.18. The molecule has 0 heterocycles. The molecule has 0 aliphatic rings. The van der Waals surface area contributed by atoms with Gasteiger partial charge in [0.1, 0.15) is 0 Å². The number of benzene rings is 1. The molecule has 2 unspecified atom stereocenters. The van der Waals surface area contributed by atoms with Crippen LogP contribution in [0, 0.1) is 5.92 Å². The van der Waals surface area contributed by atoms with Crippen LogP contribution in [0.1, 0.15) is 32.3 Å². The van der Waals surface area contributed by atoms with Crippen LogP contribution in [0.25, 0.3) is 0 Å². The molecule has 0 aliphatic heterocycles. The van der Waals surface area contributed by atoms with Gasteiger partial charge in [-0.2, -0.15) is 0 Å². The fourth-order valence-electron chi connectivity index (χ4n) is 1.78. The van der Waals surface area contributed by atoms with Crippen molar-refractivity contribution >= 4 is 0 Å². The summed E-state index contributed by atoms with van der Waals surface area (Å²) in [5.74, 6) is 6.20. The highest BCUT2D eigenvalue weighted by molar-refractivity contribution is 5.14. The van der Waals surface area contributed by atoms with Crippen LogP contribution < -0.4 is 11.3 Å². The summed E-state index contributed by atoms with van der Waals surface area (Å²) in [5.41, 5.74) is 4.31. The van der Waals surface area contributed by atoms with Crippen molar-refractivity contribution < 1.29 is 0 Å². The molecule has 2 atom stereocenters. The van der Waals surface area contributed by atoms with Gasteiger partial charge in [0.2, 0.25) is 0 Å². The lowest BCUT2D eigenvalue weighted by Gasteiger charge is -2.21. The van der Waals surface area contributed by atoms with E-state index in [4.69, 9.17) is 5.84 Å². The normalized spacial score (nSPS) is 14.9. The average molecular weight is 206 g/mol. The van der Waals surface area contributed by atoms with E-state index in [1.54, 1.807) is 0 Å². The predicted molar refractivity (Wildman–Crippen MR) is 65.3 cm³/mol. The Morgan fingerprint density at radius 1 is 1.27 bits per heavy atom. The average Bonchev–Trinajstić information content (AvgIpc) is 2.31. The van der Waals surface area contributed by atoms with Gasteiger partial charge in [0.05, 0.1) is 0 Å². The van der Waals surface area contributed by atoms with Gasteiger partial charge in [-0.25, -0.2) is 0 Å². The standard InChI is InChI=1S/C13H22N2/c1-3-11(2)13(15-14)10-9-12-7-5-4-6-8-12/h4-8,11,13,15H,3,9-10,14H2,1-2H3. The van der Waals surface area contributed by atoms with E-state index in [0.29, 0.717) is 12.0 Å². The molecule has 0 bridgehead atoms. The first kappa shape index (κ1) is 12.2. The largest absolute Gasteiger partial charge is 0.271 e. The van der Waals surface area contributed by atoms with Crippen LogP contribution in [0.3, 0.4) is 0 Å². The molecule has 15 heavy (non-hydrogen) atoms. The Morgan fingerprint density at radius 3 is 2.47 bits per heavy atom. The van der Waals surface area contributed by atoms with Gasteiger partial charge in [0.25, 0.3) is 0 Å². The minimum atomic E-state index is 0.426. The molecular weight excluding hydrogens is 184 g/mol. The Kier molecular flexibility index (Phi) is 5.37. The van der Waals surface area contributed by atoms with E-state index in [0.717, 1.165) is 12.8 Å². The van der Waals surface area contributed by atoms with Crippen LogP contribution in [0.4, 0.5) is 0 Å². The van der Waals surface area contributed by atoms with Gasteiger partial charge in [-0.05, 0) is 24.3 Å². The molecule has 2 heteroatoms. The van der Waals surface area contributed by atoms with Crippen molar-refractivity contribution in [3.63, 3.8) is 0 Å². The third kappa shape index (κ3) is 4.02. The van der Waals surface area contributed by atoms with E-state index in [1.165, 1.54) is 12.0 Å². The van der Waals surface area contributed by atoms with Crippen LogP contribution in [0.2, 0.25) is 0 Å². The highest BCUT2D eigenvalue weighted by Gasteiger charge is 2.13. The summed E-state index contributed by atoms with van der Waals surface area (Å²) in [6, 6.07) is 11.0. The Morgan fingerprint density at radius 2 is 1.93 bits per heavy atom. The SMILES string of the molecule is CCC(C)C(CCc1ccccc1)NN. The van der Waals surface area contributed by atoms with Crippen LogP contribution in [-0.2, 0) is 6.42 Å². The molecule has 1 rings (SSSR count). The minimum Gasteiger partial charge on any atom is -0.271 e. The van der Waals surface area contributed by atoms with Crippen LogP contribution in [0.5, 0.6) is 0 Å². The maximum Gasteiger partial charge on any atom is 0.0239 e.